The summed E-state index contributed by atoms with van der Waals surface area (Å²) in [6.45, 7) is 0. The Bertz CT molecular complexity index is 949. The molecule has 3 aromatic rings. The molecule has 0 aliphatic rings. The van der Waals surface area contributed by atoms with Crippen molar-refractivity contribution in [2.45, 2.75) is 10.4 Å². The fraction of sp³-hybridized carbons (Fsp3) is 0.105. The number of hydrogen-bond acceptors (Lipinski definition) is 2. The van der Waals surface area contributed by atoms with E-state index in [1.807, 2.05) is 42.5 Å². The number of benzene rings is 3. The highest BCUT2D eigenvalue weighted by Crippen LogP contribution is 2.38. The number of alkyl halides is 3. The van der Waals surface area contributed by atoms with Crippen molar-refractivity contribution in [3.63, 3.8) is 0 Å². The van der Waals surface area contributed by atoms with Gasteiger partial charge >= 0.3 is 5.51 Å². The van der Waals surface area contributed by atoms with Gasteiger partial charge < -0.3 is 10.6 Å². The van der Waals surface area contributed by atoms with Gasteiger partial charge in [-0.3, -0.25) is 0 Å². The minimum absolute atomic E-state index is 0.0970. The Morgan fingerprint density at radius 2 is 1.69 bits per heavy atom. The van der Waals surface area contributed by atoms with Gasteiger partial charge in [-0.15, -0.1) is 0 Å². The Kier molecular flexibility index (Phi) is 5.08. The van der Waals surface area contributed by atoms with Gasteiger partial charge in [-0.05, 0) is 41.4 Å². The SMILES string of the molecule is CN(C(N)=Nc1cccc2ccccc12)c1cccc(SC(F)(F)F)c1. The summed E-state index contributed by atoms with van der Waals surface area (Å²) < 4.78 is 37.7. The van der Waals surface area contributed by atoms with E-state index in [0.29, 0.717) is 11.4 Å². The Morgan fingerprint density at radius 3 is 2.46 bits per heavy atom. The van der Waals surface area contributed by atoms with Crippen LogP contribution in [0.4, 0.5) is 24.5 Å². The van der Waals surface area contributed by atoms with E-state index in [1.54, 1.807) is 24.1 Å². The second kappa shape index (κ2) is 7.29. The van der Waals surface area contributed by atoms with Crippen LogP contribution in [0.15, 0.2) is 76.6 Å². The van der Waals surface area contributed by atoms with Gasteiger partial charge in [-0.25, -0.2) is 4.99 Å². The van der Waals surface area contributed by atoms with Crippen molar-refractivity contribution in [1.29, 1.82) is 0 Å². The summed E-state index contributed by atoms with van der Waals surface area (Å²) in [6.07, 6.45) is 0. The number of guanidine groups is 1. The zero-order chi connectivity index (χ0) is 18.7. The molecule has 0 aromatic heterocycles. The second-order valence-electron chi connectivity index (χ2n) is 5.57. The third-order valence-electron chi connectivity index (χ3n) is 3.78. The summed E-state index contributed by atoms with van der Waals surface area (Å²) in [4.78, 5) is 6.11. The van der Waals surface area contributed by atoms with E-state index in [0.717, 1.165) is 10.8 Å². The van der Waals surface area contributed by atoms with Gasteiger partial charge in [0.2, 0.25) is 5.96 Å². The first-order valence-electron chi connectivity index (χ1n) is 7.75. The van der Waals surface area contributed by atoms with Crippen LogP contribution >= 0.6 is 11.8 Å². The lowest BCUT2D eigenvalue weighted by Gasteiger charge is -2.19. The molecule has 2 N–H and O–H groups in total. The number of fused-ring (bicyclic) bond motifs is 1. The molecular formula is C19H16F3N3S. The zero-order valence-corrected chi connectivity index (χ0v) is 14.7. The minimum Gasteiger partial charge on any atom is -0.369 e. The topological polar surface area (TPSA) is 41.6 Å². The van der Waals surface area contributed by atoms with E-state index < -0.39 is 5.51 Å². The molecule has 0 radical (unpaired) electrons. The third-order valence-corrected chi connectivity index (χ3v) is 4.50. The molecule has 3 nitrogen and oxygen atoms in total. The zero-order valence-electron chi connectivity index (χ0n) is 13.9. The van der Waals surface area contributed by atoms with Gasteiger partial charge in [0.15, 0.2) is 0 Å². The molecule has 3 rings (SSSR count). The van der Waals surface area contributed by atoms with E-state index in [2.05, 4.69) is 4.99 Å². The summed E-state index contributed by atoms with van der Waals surface area (Å²) in [5.74, 6) is 0.190. The van der Waals surface area contributed by atoms with Crippen molar-refractivity contribution in [3.05, 3.63) is 66.7 Å². The van der Waals surface area contributed by atoms with Gasteiger partial charge in [-0.1, -0.05) is 42.5 Å². The molecule has 3 aromatic carbocycles. The highest BCUT2D eigenvalue weighted by atomic mass is 32.2. The predicted molar refractivity (Wildman–Crippen MR) is 102 cm³/mol. The van der Waals surface area contributed by atoms with Crippen LogP contribution in [0.2, 0.25) is 0 Å². The van der Waals surface area contributed by atoms with E-state index in [4.69, 9.17) is 5.73 Å². The molecule has 0 atom stereocenters. The Hall–Kier alpha value is -2.67. The summed E-state index contributed by atoms with van der Waals surface area (Å²) in [5.41, 5.74) is 2.99. The van der Waals surface area contributed by atoms with Crippen LogP contribution < -0.4 is 10.6 Å². The van der Waals surface area contributed by atoms with Gasteiger partial charge in [-0.2, -0.15) is 13.2 Å². The maximum absolute atomic E-state index is 12.6. The van der Waals surface area contributed by atoms with Crippen LogP contribution in [-0.2, 0) is 0 Å². The Labute approximate surface area is 153 Å². The summed E-state index contributed by atoms with van der Waals surface area (Å²) in [5, 5.41) is 1.99. The summed E-state index contributed by atoms with van der Waals surface area (Å²) in [6, 6.07) is 19.6. The largest absolute Gasteiger partial charge is 0.446 e. The first-order chi connectivity index (χ1) is 12.3. The Morgan fingerprint density at radius 1 is 1.00 bits per heavy atom. The molecule has 0 fully saturated rings. The lowest BCUT2D eigenvalue weighted by Crippen LogP contribution is -2.33. The predicted octanol–water partition coefficient (Wildman–Crippen LogP) is 5.53. The normalized spacial score (nSPS) is 12.4. The van der Waals surface area contributed by atoms with Crippen molar-refractivity contribution in [2.75, 3.05) is 11.9 Å². The highest BCUT2D eigenvalue weighted by Gasteiger charge is 2.29. The van der Waals surface area contributed by atoms with Crippen LogP contribution in [0, 0.1) is 0 Å². The first kappa shape index (κ1) is 18.1. The van der Waals surface area contributed by atoms with Gasteiger partial charge in [0.1, 0.15) is 0 Å². The third kappa shape index (κ3) is 4.29. The van der Waals surface area contributed by atoms with Gasteiger partial charge in [0.25, 0.3) is 0 Å². The van der Waals surface area contributed by atoms with Crippen molar-refractivity contribution >= 4 is 39.9 Å². The van der Waals surface area contributed by atoms with Gasteiger partial charge in [0.05, 0.1) is 5.69 Å². The lowest BCUT2D eigenvalue weighted by atomic mass is 10.1. The molecule has 0 spiro atoms. The van der Waals surface area contributed by atoms with E-state index in [9.17, 15) is 13.2 Å². The lowest BCUT2D eigenvalue weighted by molar-refractivity contribution is -0.0328. The molecule has 26 heavy (non-hydrogen) atoms. The Balaban J connectivity index is 1.91. The molecule has 0 saturated heterocycles. The molecule has 0 unspecified atom stereocenters. The summed E-state index contributed by atoms with van der Waals surface area (Å²) in [7, 11) is 1.67. The number of nitrogens with two attached hydrogens (primary N) is 1. The van der Waals surface area contributed by atoms with E-state index >= 15 is 0 Å². The van der Waals surface area contributed by atoms with Crippen LogP contribution in [0.5, 0.6) is 0 Å². The van der Waals surface area contributed by atoms with Crippen molar-refractivity contribution < 1.29 is 13.2 Å². The molecule has 0 aliphatic carbocycles. The monoisotopic (exact) mass is 375 g/mol. The molecule has 134 valence electrons. The maximum atomic E-state index is 12.6. The molecule has 7 heteroatoms. The van der Waals surface area contributed by atoms with Crippen LogP contribution in [0.25, 0.3) is 10.8 Å². The number of thioether (sulfide) groups is 1. The van der Waals surface area contributed by atoms with E-state index in [1.165, 1.54) is 12.1 Å². The van der Waals surface area contributed by atoms with Crippen LogP contribution in [-0.4, -0.2) is 18.5 Å². The van der Waals surface area contributed by atoms with Crippen molar-refractivity contribution in [2.24, 2.45) is 10.7 Å². The first-order valence-corrected chi connectivity index (χ1v) is 8.56. The van der Waals surface area contributed by atoms with Crippen LogP contribution in [0.3, 0.4) is 0 Å². The minimum atomic E-state index is -4.33. The highest BCUT2D eigenvalue weighted by molar-refractivity contribution is 8.00. The fourth-order valence-electron chi connectivity index (χ4n) is 2.53. The standard InChI is InChI=1S/C19H16F3N3S/c1-25(14-8-5-9-15(12-14)26-19(20,21)22)18(23)24-17-11-4-7-13-6-2-3-10-16(13)17/h2-12H,1H3,(H2,23,24). The molecule has 0 aliphatic heterocycles. The average molecular weight is 375 g/mol. The second-order valence-corrected chi connectivity index (χ2v) is 6.71. The number of nitrogens with zero attached hydrogens (tertiary/aromatic N) is 2. The smallest absolute Gasteiger partial charge is 0.369 e. The number of halogens is 3. The molecule has 0 amide bonds. The maximum Gasteiger partial charge on any atom is 0.446 e. The molecule has 0 bridgehead atoms. The van der Waals surface area contributed by atoms with Crippen molar-refractivity contribution in [1.82, 2.24) is 0 Å². The molecule has 0 saturated carbocycles. The van der Waals surface area contributed by atoms with E-state index in [-0.39, 0.29) is 22.6 Å². The average Bonchev–Trinajstić information content (AvgIpc) is 2.60. The number of hydrogen-bond donors (Lipinski definition) is 1. The number of rotatable bonds is 3. The van der Waals surface area contributed by atoms with Crippen LogP contribution in [0.1, 0.15) is 0 Å². The molecular weight excluding hydrogens is 359 g/mol. The molecule has 0 heterocycles. The summed E-state index contributed by atoms with van der Waals surface area (Å²) >= 11 is -0.157. The number of anilines is 1. The van der Waals surface area contributed by atoms with Gasteiger partial charge in [0, 0.05) is 23.0 Å². The van der Waals surface area contributed by atoms with Crippen molar-refractivity contribution in [3.8, 4) is 0 Å². The number of aliphatic imine (C=N–C) groups is 1. The fourth-order valence-corrected chi connectivity index (χ4v) is 3.12. The quantitative estimate of drug-likeness (QED) is 0.372.